The molecule has 18 heavy (non-hydrogen) atoms. The third-order valence-corrected chi connectivity index (χ3v) is 3.48. The van der Waals surface area contributed by atoms with Crippen molar-refractivity contribution < 1.29 is 4.79 Å². The second-order valence-electron chi connectivity index (χ2n) is 5.16. The van der Waals surface area contributed by atoms with Gasteiger partial charge in [-0.3, -0.25) is 0 Å². The first-order valence-electron chi connectivity index (χ1n) is 6.42. The van der Waals surface area contributed by atoms with Crippen molar-refractivity contribution in [3.63, 3.8) is 0 Å². The third kappa shape index (κ3) is 2.45. The van der Waals surface area contributed by atoms with Gasteiger partial charge in [0.1, 0.15) is 6.29 Å². The summed E-state index contributed by atoms with van der Waals surface area (Å²) in [6.45, 7) is 2.23. The summed E-state index contributed by atoms with van der Waals surface area (Å²) in [6.07, 6.45) is 2.57. The van der Waals surface area contributed by atoms with Gasteiger partial charge in [-0.05, 0) is 17.9 Å². The normalized spacial score (nSPS) is 24.7. The second-order valence-corrected chi connectivity index (χ2v) is 5.16. The minimum atomic E-state index is 0.245. The van der Waals surface area contributed by atoms with Crippen LogP contribution in [0.3, 0.4) is 0 Å². The highest BCUT2D eigenvalue weighted by Crippen LogP contribution is 2.36. The van der Waals surface area contributed by atoms with Crippen LogP contribution >= 0.6 is 0 Å². The summed E-state index contributed by atoms with van der Waals surface area (Å²) >= 11 is 0. The fourth-order valence-corrected chi connectivity index (χ4v) is 2.72. The maximum Gasteiger partial charge on any atom is 0.120 e. The van der Waals surface area contributed by atoms with Crippen molar-refractivity contribution in [3.05, 3.63) is 35.4 Å². The molecular weight excluding hydrogens is 224 g/mol. The first-order valence-corrected chi connectivity index (χ1v) is 6.42. The minimum Gasteiger partial charge on any atom is -0.303 e. The molecule has 0 amide bonds. The van der Waals surface area contributed by atoms with E-state index in [1.165, 1.54) is 11.1 Å². The van der Waals surface area contributed by atoms with E-state index in [2.05, 4.69) is 30.2 Å². The van der Waals surface area contributed by atoms with Crippen LogP contribution in [0, 0.1) is 5.92 Å². The molecule has 3 heteroatoms. The van der Waals surface area contributed by atoms with Gasteiger partial charge in [0.25, 0.3) is 0 Å². The molecule has 2 rings (SSSR count). The molecule has 0 bridgehead atoms. The van der Waals surface area contributed by atoms with Crippen LogP contribution < -0.4 is 0 Å². The van der Waals surface area contributed by atoms with E-state index in [0.717, 1.165) is 18.4 Å². The number of carbonyl (C=O) groups is 1. The van der Waals surface area contributed by atoms with E-state index in [1.807, 2.05) is 25.2 Å². The molecule has 1 aliphatic carbocycles. The summed E-state index contributed by atoms with van der Waals surface area (Å²) in [7, 11) is 3.84. The molecule has 0 saturated heterocycles. The van der Waals surface area contributed by atoms with Crippen LogP contribution in [0.25, 0.3) is 0 Å². The summed E-state index contributed by atoms with van der Waals surface area (Å²) in [4.78, 5) is 10.9. The third-order valence-electron chi connectivity index (χ3n) is 3.48. The van der Waals surface area contributed by atoms with Crippen molar-refractivity contribution in [3.8, 4) is 0 Å². The maximum atomic E-state index is 10.9. The van der Waals surface area contributed by atoms with Crippen LogP contribution in [-0.2, 0) is 4.79 Å². The number of carbonyl (C=O) groups excluding carboxylic acids is 1. The van der Waals surface area contributed by atoms with E-state index in [0.29, 0.717) is 12.3 Å². The Morgan fingerprint density at radius 3 is 2.78 bits per heavy atom. The van der Waals surface area contributed by atoms with Gasteiger partial charge >= 0.3 is 0 Å². The van der Waals surface area contributed by atoms with Gasteiger partial charge in [0.15, 0.2) is 0 Å². The van der Waals surface area contributed by atoms with Crippen LogP contribution in [0.5, 0.6) is 0 Å². The lowest BCUT2D eigenvalue weighted by atomic mass is 9.75. The second kappa shape index (κ2) is 5.34. The Labute approximate surface area is 108 Å². The highest BCUT2D eigenvalue weighted by atomic mass is 16.1. The van der Waals surface area contributed by atoms with Crippen LogP contribution in [-0.4, -0.2) is 31.1 Å². The number of hydrogen-bond donors (Lipinski definition) is 0. The van der Waals surface area contributed by atoms with Gasteiger partial charge in [-0.15, -0.1) is 0 Å². The molecule has 0 spiro atoms. The predicted octanol–water partition coefficient (Wildman–Crippen LogP) is 2.66. The van der Waals surface area contributed by atoms with Gasteiger partial charge in [-0.1, -0.05) is 31.2 Å². The fourth-order valence-electron chi connectivity index (χ4n) is 2.72. The van der Waals surface area contributed by atoms with Gasteiger partial charge in [0, 0.05) is 32.0 Å². The van der Waals surface area contributed by atoms with Crippen molar-refractivity contribution in [1.29, 1.82) is 0 Å². The van der Waals surface area contributed by atoms with Gasteiger partial charge in [-0.2, -0.15) is 5.10 Å². The molecule has 0 aliphatic heterocycles. The van der Waals surface area contributed by atoms with E-state index >= 15 is 0 Å². The molecule has 0 aromatic heterocycles. The van der Waals surface area contributed by atoms with E-state index in [-0.39, 0.29) is 5.92 Å². The molecule has 0 N–H and O–H groups in total. The number of aldehydes is 1. The van der Waals surface area contributed by atoms with Crippen molar-refractivity contribution in [2.45, 2.75) is 25.7 Å². The van der Waals surface area contributed by atoms with Gasteiger partial charge in [0.05, 0.1) is 5.71 Å². The van der Waals surface area contributed by atoms with Crippen molar-refractivity contribution >= 4 is 12.0 Å². The first kappa shape index (κ1) is 12.8. The number of benzene rings is 1. The van der Waals surface area contributed by atoms with Crippen LogP contribution in [0.1, 0.15) is 36.8 Å². The SMILES string of the molecule is CC1CC(CC=O)C(=NN(C)C)c2ccccc21. The monoisotopic (exact) mass is 244 g/mol. The number of rotatable bonds is 3. The Bertz CT molecular complexity index is 465. The molecular formula is C15H20N2O. The Balaban J connectivity index is 2.49. The molecule has 0 heterocycles. The molecule has 3 nitrogen and oxygen atoms in total. The molecule has 1 aromatic rings. The zero-order chi connectivity index (χ0) is 13.1. The summed E-state index contributed by atoms with van der Waals surface area (Å²) in [6, 6.07) is 8.40. The standard InChI is InChI=1S/C15H20N2O/c1-11-10-12(8-9-18)15(16-17(2)3)14-7-5-4-6-13(11)14/h4-7,9,11-12H,8,10H2,1-3H3. The molecule has 0 saturated carbocycles. The molecule has 1 aliphatic rings. The van der Waals surface area contributed by atoms with Crippen molar-refractivity contribution in [2.24, 2.45) is 11.0 Å². The fraction of sp³-hybridized carbons (Fsp3) is 0.467. The molecule has 2 atom stereocenters. The van der Waals surface area contributed by atoms with Gasteiger partial charge < -0.3 is 9.80 Å². The zero-order valence-electron chi connectivity index (χ0n) is 11.3. The largest absolute Gasteiger partial charge is 0.303 e. The molecule has 96 valence electrons. The minimum absolute atomic E-state index is 0.245. The van der Waals surface area contributed by atoms with Crippen LogP contribution in [0.15, 0.2) is 29.4 Å². The molecule has 0 fully saturated rings. The number of nitrogens with zero attached hydrogens (tertiary/aromatic N) is 2. The van der Waals surface area contributed by atoms with Crippen LogP contribution in [0.4, 0.5) is 0 Å². The van der Waals surface area contributed by atoms with E-state index < -0.39 is 0 Å². The number of hydrogen-bond acceptors (Lipinski definition) is 3. The highest BCUT2D eigenvalue weighted by molar-refractivity contribution is 6.05. The first-order chi connectivity index (χ1) is 8.63. The zero-order valence-corrected chi connectivity index (χ0v) is 11.3. The average molecular weight is 244 g/mol. The molecule has 1 aromatic carbocycles. The van der Waals surface area contributed by atoms with Gasteiger partial charge in [0.2, 0.25) is 0 Å². The summed E-state index contributed by atoms with van der Waals surface area (Å²) in [5, 5.41) is 6.42. The number of hydrazone groups is 1. The topological polar surface area (TPSA) is 32.7 Å². The lowest BCUT2D eigenvalue weighted by Crippen LogP contribution is -2.27. The Kier molecular flexibility index (Phi) is 3.80. The number of fused-ring (bicyclic) bond motifs is 1. The van der Waals surface area contributed by atoms with E-state index in [9.17, 15) is 4.79 Å². The lowest BCUT2D eigenvalue weighted by molar-refractivity contribution is -0.108. The average Bonchev–Trinajstić information content (AvgIpc) is 2.34. The lowest BCUT2D eigenvalue weighted by Gasteiger charge is -2.30. The smallest absolute Gasteiger partial charge is 0.120 e. The van der Waals surface area contributed by atoms with Crippen molar-refractivity contribution in [2.75, 3.05) is 14.1 Å². The van der Waals surface area contributed by atoms with Gasteiger partial charge in [-0.25, -0.2) is 0 Å². The molecule has 0 radical (unpaired) electrons. The summed E-state index contributed by atoms with van der Waals surface area (Å²) in [5.41, 5.74) is 3.61. The quantitative estimate of drug-likeness (QED) is 0.605. The Morgan fingerprint density at radius 2 is 2.11 bits per heavy atom. The van der Waals surface area contributed by atoms with Crippen molar-refractivity contribution in [1.82, 2.24) is 5.01 Å². The highest BCUT2D eigenvalue weighted by Gasteiger charge is 2.29. The van der Waals surface area contributed by atoms with E-state index in [1.54, 1.807) is 0 Å². The maximum absolute atomic E-state index is 10.9. The Morgan fingerprint density at radius 1 is 1.39 bits per heavy atom. The summed E-state index contributed by atoms with van der Waals surface area (Å²) in [5.74, 6) is 0.738. The Hall–Kier alpha value is -1.64. The van der Waals surface area contributed by atoms with Crippen LogP contribution in [0.2, 0.25) is 0 Å². The predicted molar refractivity (Wildman–Crippen MR) is 73.9 cm³/mol. The summed E-state index contributed by atoms with van der Waals surface area (Å²) < 4.78 is 0. The van der Waals surface area contributed by atoms with E-state index in [4.69, 9.17) is 0 Å². The molecule has 2 unspecified atom stereocenters.